The first-order valence-electron chi connectivity index (χ1n) is 9.01. The van der Waals surface area contributed by atoms with E-state index in [1.165, 1.54) is 5.01 Å². The number of hydrazine groups is 1. The quantitative estimate of drug-likeness (QED) is 0.732. The Morgan fingerprint density at radius 2 is 1.54 bits per heavy atom. The molecule has 0 spiro atoms. The van der Waals surface area contributed by atoms with Crippen LogP contribution in [0.25, 0.3) is 6.08 Å². The summed E-state index contributed by atoms with van der Waals surface area (Å²) in [5, 5.41) is 4.64. The molecule has 0 aliphatic carbocycles. The molecule has 0 saturated heterocycles. The summed E-state index contributed by atoms with van der Waals surface area (Å²) in [5.41, 5.74) is 5.48. The minimum absolute atomic E-state index is 0.263. The first kappa shape index (κ1) is 17.5. The first-order chi connectivity index (χ1) is 13.7. The topological polar surface area (TPSA) is 61.4 Å². The van der Waals surface area contributed by atoms with Crippen LogP contribution < -0.4 is 10.7 Å². The van der Waals surface area contributed by atoms with Crippen LogP contribution in [-0.4, -0.2) is 23.0 Å². The lowest BCUT2D eigenvalue weighted by molar-refractivity contribution is 0.0535. The minimum atomic E-state index is -0.518. The van der Waals surface area contributed by atoms with Crippen LogP contribution >= 0.6 is 0 Å². The maximum absolute atomic E-state index is 13.0. The van der Waals surface area contributed by atoms with Crippen molar-refractivity contribution in [2.24, 2.45) is 0 Å². The molecule has 0 fully saturated rings. The van der Waals surface area contributed by atoms with Crippen LogP contribution in [0.1, 0.15) is 26.3 Å². The van der Waals surface area contributed by atoms with Crippen LogP contribution in [0.3, 0.4) is 0 Å². The Kier molecular flexibility index (Phi) is 4.89. The van der Waals surface area contributed by atoms with Crippen molar-refractivity contribution in [3.05, 3.63) is 108 Å². The van der Waals surface area contributed by atoms with E-state index in [0.717, 1.165) is 11.3 Å². The average molecular weight is 369 g/mol. The van der Waals surface area contributed by atoms with Crippen molar-refractivity contribution in [3.63, 3.8) is 0 Å². The number of amides is 2. The van der Waals surface area contributed by atoms with E-state index in [4.69, 9.17) is 0 Å². The van der Waals surface area contributed by atoms with E-state index in [0.29, 0.717) is 11.1 Å². The molecule has 1 atom stereocenters. The lowest BCUT2D eigenvalue weighted by Crippen LogP contribution is -2.56. The van der Waals surface area contributed by atoms with Gasteiger partial charge in [-0.2, -0.15) is 0 Å². The van der Waals surface area contributed by atoms with Gasteiger partial charge in [-0.1, -0.05) is 66.7 Å². The summed E-state index contributed by atoms with van der Waals surface area (Å²) in [6, 6.07) is 25.9. The zero-order valence-electron chi connectivity index (χ0n) is 15.1. The third-order valence-electron chi connectivity index (χ3n) is 4.49. The molecule has 5 nitrogen and oxygen atoms in total. The molecule has 2 amide bonds. The van der Waals surface area contributed by atoms with Crippen LogP contribution in [0, 0.1) is 0 Å². The number of benzene rings is 3. The molecule has 1 heterocycles. The van der Waals surface area contributed by atoms with E-state index in [1.54, 1.807) is 36.4 Å². The van der Waals surface area contributed by atoms with Crippen molar-refractivity contribution < 1.29 is 9.59 Å². The molecule has 1 unspecified atom stereocenters. The van der Waals surface area contributed by atoms with Crippen LogP contribution in [0.15, 0.2) is 91.0 Å². The maximum Gasteiger partial charge on any atom is 0.276 e. The molecule has 1 aliphatic heterocycles. The van der Waals surface area contributed by atoms with Crippen LogP contribution in [0.4, 0.5) is 5.69 Å². The Morgan fingerprint density at radius 3 is 2.29 bits per heavy atom. The van der Waals surface area contributed by atoms with Gasteiger partial charge in [0.2, 0.25) is 0 Å². The van der Waals surface area contributed by atoms with Gasteiger partial charge in [0, 0.05) is 11.3 Å². The molecule has 5 heteroatoms. The molecule has 138 valence electrons. The summed E-state index contributed by atoms with van der Waals surface area (Å²) in [6.45, 7) is 0. The van der Waals surface area contributed by atoms with E-state index in [1.807, 2.05) is 60.7 Å². The Bertz CT molecular complexity index is 1020. The van der Waals surface area contributed by atoms with Crippen molar-refractivity contribution in [3.8, 4) is 0 Å². The van der Waals surface area contributed by atoms with Crippen molar-refractivity contribution >= 4 is 23.6 Å². The van der Waals surface area contributed by atoms with Crippen molar-refractivity contribution in [2.75, 3.05) is 5.32 Å². The standard InChI is InChI=1S/C23H19N3O2/c27-22(18-11-5-2-6-12-18)25-26-21(16-15-17-9-3-1-4-10-17)24-20-14-8-7-13-19(20)23(26)28/h1-16,21,24H,(H,25,27)/b16-15+. The highest BCUT2D eigenvalue weighted by Crippen LogP contribution is 2.25. The number of anilines is 1. The van der Waals surface area contributed by atoms with Crippen LogP contribution in [-0.2, 0) is 0 Å². The van der Waals surface area contributed by atoms with Crippen molar-refractivity contribution in [1.82, 2.24) is 10.4 Å². The monoisotopic (exact) mass is 369 g/mol. The van der Waals surface area contributed by atoms with E-state index in [-0.39, 0.29) is 11.8 Å². The molecular formula is C23H19N3O2. The first-order valence-corrected chi connectivity index (χ1v) is 9.01. The maximum atomic E-state index is 13.0. The predicted molar refractivity (Wildman–Crippen MR) is 109 cm³/mol. The molecule has 3 aromatic carbocycles. The number of fused-ring (bicyclic) bond motifs is 1. The van der Waals surface area contributed by atoms with Gasteiger partial charge in [-0.3, -0.25) is 15.0 Å². The summed E-state index contributed by atoms with van der Waals surface area (Å²) in [4.78, 5) is 25.7. The Morgan fingerprint density at radius 1 is 0.893 bits per heavy atom. The fourth-order valence-electron chi connectivity index (χ4n) is 3.06. The normalized spacial score (nSPS) is 15.8. The summed E-state index contributed by atoms with van der Waals surface area (Å²) in [6.07, 6.45) is 3.25. The molecule has 1 aliphatic rings. The minimum Gasteiger partial charge on any atom is -0.360 e. The number of rotatable bonds is 4. The number of hydrogen-bond donors (Lipinski definition) is 2. The van der Waals surface area contributed by atoms with Crippen molar-refractivity contribution in [1.29, 1.82) is 0 Å². The Labute approximate surface area is 163 Å². The summed E-state index contributed by atoms with van der Waals surface area (Å²) >= 11 is 0. The third kappa shape index (κ3) is 3.64. The van der Waals surface area contributed by atoms with Gasteiger partial charge in [-0.05, 0) is 35.9 Å². The van der Waals surface area contributed by atoms with E-state index in [2.05, 4.69) is 10.7 Å². The fourth-order valence-corrected chi connectivity index (χ4v) is 3.06. The van der Waals surface area contributed by atoms with Gasteiger partial charge in [0.15, 0.2) is 0 Å². The molecule has 0 radical (unpaired) electrons. The second kappa shape index (κ2) is 7.80. The number of carbonyl (C=O) groups excluding carboxylic acids is 2. The van der Waals surface area contributed by atoms with E-state index >= 15 is 0 Å². The van der Waals surface area contributed by atoms with Gasteiger partial charge in [-0.25, -0.2) is 5.01 Å². The second-order valence-corrected chi connectivity index (χ2v) is 6.39. The van der Waals surface area contributed by atoms with Crippen LogP contribution in [0.2, 0.25) is 0 Å². The highest BCUT2D eigenvalue weighted by Gasteiger charge is 2.31. The molecule has 28 heavy (non-hydrogen) atoms. The number of hydrogen-bond acceptors (Lipinski definition) is 3. The molecule has 0 bridgehead atoms. The van der Waals surface area contributed by atoms with E-state index < -0.39 is 6.17 Å². The lowest BCUT2D eigenvalue weighted by Gasteiger charge is -2.36. The largest absolute Gasteiger partial charge is 0.360 e. The van der Waals surface area contributed by atoms with Gasteiger partial charge in [0.25, 0.3) is 11.8 Å². The molecule has 2 N–H and O–H groups in total. The SMILES string of the molecule is O=C(NN1C(=O)c2ccccc2NC1/C=C/c1ccccc1)c1ccccc1. The van der Waals surface area contributed by atoms with Crippen molar-refractivity contribution in [2.45, 2.75) is 6.17 Å². The van der Waals surface area contributed by atoms with Gasteiger partial charge >= 0.3 is 0 Å². The number of para-hydroxylation sites is 1. The predicted octanol–water partition coefficient (Wildman–Crippen LogP) is 3.94. The second-order valence-electron chi connectivity index (χ2n) is 6.39. The average Bonchev–Trinajstić information content (AvgIpc) is 2.76. The zero-order chi connectivity index (χ0) is 19.3. The fraction of sp³-hybridized carbons (Fsp3) is 0.0435. The molecule has 3 aromatic rings. The Hall–Kier alpha value is -3.86. The van der Waals surface area contributed by atoms with E-state index in [9.17, 15) is 9.59 Å². The number of nitrogens with zero attached hydrogens (tertiary/aromatic N) is 1. The summed E-state index contributed by atoms with van der Waals surface area (Å²) in [5.74, 6) is -0.602. The van der Waals surface area contributed by atoms with Crippen LogP contribution in [0.5, 0.6) is 0 Å². The Balaban J connectivity index is 1.64. The molecule has 0 aromatic heterocycles. The highest BCUT2D eigenvalue weighted by atomic mass is 16.2. The number of nitrogens with one attached hydrogen (secondary N) is 2. The smallest absolute Gasteiger partial charge is 0.276 e. The van der Waals surface area contributed by atoms with Gasteiger partial charge in [0.1, 0.15) is 6.17 Å². The zero-order valence-corrected chi connectivity index (χ0v) is 15.1. The van der Waals surface area contributed by atoms with Gasteiger partial charge < -0.3 is 5.32 Å². The van der Waals surface area contributed by atoms with Gasteiger partial charge in [0.05, 0.1) is 5.56 Å². The molecular weight excluding hydrogens is 350 g/mol. The molecule has 4 rings (SSSR count). The summed E-state index contributed by atoms with van der Waals surface area (Å²) in [7, 11) is 0. The number of carbonyl (C=O) groups is 2. The molecule has 0 saturated carbocycles. The highest BCUT2D eigenvalue weighted by molar-refractivity contribution is 6.04. The van der Waals surface area contributed by atoms with Gasteiger partial charge in [-0.15, -0.1) is 0 Å². The summed E-state index contributed by atoms with van der Waals surface area (Å²) < 4.78 is 0. The third-order valence-corrected chi connectivity index (χ3v) is 4.49. The lowest BCUT2D eigenvalue weighted by atomic mass is 10.1.